The third-order valence-corrected chi connectivity index (χ3v) is 6.10. The van der Waals surface area contributed by atoms with E-state index >= 15 is 0 Å². The van der Waals surface area contributed by atoms with Gasteiger partial charge in [0, 0.05) is 36.0 Å². The number of fused-ring (bicyclic) bond motifs is 1. The lowest BCUT2D eigenvalue weighted by Crippen LogP contribution is -2.51. The summed E-state index contributed by atoms with van der Waals surface area (Å²) in [6.07, 6.45) is 1.05. The normalized spacial score (nSPS) is 22.5. The molecular formula is C20H29N3O2S. The number of benzene rings is 1. The predicted molar refractivity (Wildman–Crippen MR) is 107 cm³/mol. The molecule has 2 aliphatic rings. The molecule has 2 amide bonds. The molecule has 0 radical (unpaired) electrons. The lowest BCUT2D eigenvalue weighted by atomic mass is 9.94. The summed E-state index contributed by atoms with van der Waals surface area (Å²) in [7, 11) is 0. The molecule has 5 nitrogen and oxygen atoms in total. The van der Waals surface area contributed by atoms with Gasteiger partial charge >= 0.3 is 0 Å². The van der Waals surface area contributed by atoms with E-state index in [0.29, 0.717) is 24.2 Å². The van der Waals surface area contributed by atoms with Crippen LogP contribution in [0.4, 0.5) is 5.69 Å². The minimum atomic E-state index is -0.460. The van der Waals surface area contributed by atoms with Crippen molar-refractivity contribution in [2.24, 2.45) is 5.41 Å². The molecule has 1 fully saturated rings. The first-order valence-corrected chi connectivity index (χ1v) is 10.5. The second-order valence-electron chi connectivity index (χ2n) is 8.21. The van der Waals surface area contributed by atoms with Crippen LogP contribution in [0, 0.1) is 5.41 Å². The molecule has 1 saturated heterocycles. The lowest BCUT2D eigenvalue weighted by Gasteiger charge is -2.30. The molecule has 2 heterocycles. The van der Waals surface area contributed by atoms with Crippen molar-refractivity contribution in [3.63, 3.8) is 0 Å². The summed E-state index contributed by atoms with van der Waals surface area (Å²) in [5.41, 5.74) is 2.19. The molecule has 26 heavy (non-hydrogen) atoms. The third-order valence-electron chi connectivity index (χ3n) is 5.09. The SMILES string of the molecule is C[C@H]1Cc2ccccc2N1CCNC(=O)[C@@H]1CSCN1C(=O)C(C)(C)C. The first kappa shape index (κ1) is 19.1. The van der Waals surface area contributed by atoms with E-state index in [1.165, 1.54) is 11.3 Å². The van der Waals surface area contributed by atoms with E-state index in [4.69, 9.17) is 0 Å². The Bertz CT molecular complexity index is 686. The van der Waals surface area contributed by atoms with Gasteiger partial charge < -0.3 is 15.1 Å². The minimum Gasteiger partial charge on any atom is -0.367 e. The molecular weight excluding hydrogens is 346 g/mol. The van der Waals surface area contributed by atoms with Gasteiger partial charge in [0.2, 0.25) is 11.8 Å². The minimum absolute atomic E-state index is 0.0345. The number of amides is 2. The number of hydrogen-bond donors (Lipinski definition) is 1. The van der Waals surface area contributed by atoms with E-state index in [-0.39, 0.29) is 17.9 Å². The fraction of sp³-hybridized carbons (Fsp3) is 0.600. The van der Waals surface area contributed by atoms with Crippen LogP contribution < -0.4 is 10.2 Å². The van der Waals surface area contributed by atoms with Gasteiger partial charge in [-0.2, -0.15) is 0 Å². The van der Waals surface area contributed by atoms with Crippen molar-refractivity contribution >= 4 is 29.3 Å². The van der Waals surface area contributed by atoms with E-state index in [1.54, 1.807) is 16.7 Å². The molecule has 0 spiro atoms. The second kappa shape index (κ2) is 7.51. The van der Waals surface area contributed by atoms with Gasteiger partial charge in [0.1, 0.15) is 6.04 Å². The number of para-hydroxylation sites is 1. The van der Waals surface area contributed by atoms with Gasteiger partial charge in [-0.25, -0.2) is 0 Å². The van der Waals surface area contributed by atoms with Crippen molar-refractivity contribution in [3.05, 3.63) is 29.8 Å². The molecule has 1 aromatic carbocycles. The number of nitrogens with one attached hydrogen (secondary N) is 1. The van der Waals surface area contributed by atoms with Gasteiger partial charge in [0.05, 0.1) is 5.88 Å². The van der Waals surface area contributed by atoms with Gasteiger partial charge in [-0.1, -0.05) is 39.0 Å². The Morgan fingerprint density at radius 3 is 2.73 bits per heavy atom. The monoisotopic (exact) mass is 375 g/mol. The van der Waals surface area contributed by atoms with Crippen LogP contribution in [0.1, 0.15) is 33.3 Å². The number of rotatable bonds is 4. The summed E-state index contributed by atoms with van der Waals surface area (Å²) in [4.78, 5) is 29.3. The largest absolute Gasteiger partial charge is 0.367 e. The number of anilines is 1. The van der Waals surface area contributed by atoms with Crippen LogP contribution >= 0.6 is 11.8 Å². The molecule has 0 saturated carbocycles. The average molecular weight is 376 g/mol. The van der Waals surface area contributed by atoms with Gasteiger partial charge in [-0.05, 0) is 25.0 Å². The summed E-state index contributed by atoms with van der Waals surface area (Å²) in [6.45, 7) is 9.31. The molecule has 3 rings (SSSR count). The van der Waals surface area contributed by atoms with E-state index in [1.807, 2.05) is 20.8 Å². The van der Waals surface area contributed by atoms with Crippen LogP contribution in [0.25, 0.3) is 0 Å². The van der Waals surface area contributed by atoms with Crippen LogP contribution in [0.3, 0.4) is 0 Å². The predicted octanol–water partition coefficient (Wildman–Crippen LogP) is 2.50. The van der Waals surface area contributed by atoms with Gasteiger partial charge in [-0.15, -0.1) is 11.8 Å². The number of carbonyl (C=O) groups is 2. The molecule has 1 aromatic rings. The average Bonchev–Trinajstić information content (AvgIpc) is 3.18. The Labute approximate surface area is 160 Å². The van der Waals surface area contributed by atoms with E-state index in [2.05, 4.69) is 41.4 Å². The molecule has 0 aromatic heterocycles. The van der Waals surface area contributed by atoms with Gasteiger partial charge in [-0.3, -0.25) is 9.59 Å². The molecule has 1 N–H and O–H groups in total. The summed E-state index contributed by atoms with van der Waals surface area (Å²) < 4.78 is 0. The molecule has 6 heteroatoms. The van der Waals surface area contributed by atoms with Gasteiger partial charge in [0.25, 0.3) is 0 Å². The van der Waals surface area contributed by atoms with Crippen LogP contribution in [0.15, 0.2) is 24.3 Å². The summed E-state index contributed by atoms with van der Waals surface area (Å²) in [5.74, 6) is 1.29. The van der Waals surface area contributed by atoms with Crippen LogP contribution in [-0.4, -0.2) is 53.5 Å². The van der Waals surface area contributed by atoms with Crippen molar-refractivity contribution < 1.29 is 9.59 Å². The fourth-order valence-electron chi connectivity index (χ4n) is 3.68. The van der Waals surface area contributed by atoms with Crippen molar-refractivity contribution in [2.75, 3.05) is 29.6 Å². The molecule has 142 valence electrons. The van der Waals surface area contributed by atoms with Gasteiger partial charge in [0.15, 0.2) is 0 Å². The van der Waals surface area contributed by atoms with Crippen LogP contribution in [-0.2, 0) is 16.0 Å². The summed E-state index contributed by atoms with van der Waals surface area (Å²) >= 11 is 1.65. The van der Waals surface area contributed by atoms with E-state index in [9.17, 15) is 9.59 Å². The van der Waals surface area contributed by atoms with Crippen LogP contribution in [0.2, 0.25) is 0 Å². The highest BCUT2D eigenvalue weighted by atomic mass is 32.2. The standard InChI is InChI=1S/C20H29N3O2S/c1-14-11-15-7-5-6-8-16(15)22(14)10-9-21-18(24)17-12-26-13-23(17)19(25)20(2,3)4/h5-8,14,17H,9-13H2,1-4H3,(H,21,24)/t14-,17-/m0/s1. The highest BCUT2D eigenvalue weighted by Gasteiger charge is 2.39. The molecule has 0 bridgehead atoms. The maximum absolute atomic E-state index is 12.7. The number of hydrogen-bond acceptors (Lipinski definition) is 4. The molecule has 2 atom stereocenters. The smallest absolute Gasteiger partial charge is 0.243 e. The highest BCUT2D eigenvalue weighted by molar-refractivity contribution is 7.99. The Hall–Kier alpha value is -1.69. The second-order valence-corrected chi connectivity index (χ2v) is 9.21. The Morgan fingerprint density at radius 1 is 1.27 bits per heavy atom. The summed E-state index contributed by atoms with van der Waals surface area (Å²) in [5, 5.41) is 3.05. The van der Waals surface area contributed by atoms with Crippen molar-refractivity contribution in [3.8, 4) is 0 Å². The molecule has 0 aliphatic carbocycles. The molecule has 2 aliphatic heterocycles. The topological polar surface area (TPSA) is 52.7 Å². The first-order chi connectivity index (χ1) is 12.3. The zero-order chi connectivity index (χ0) is 18.9. The zero-order valence-corrected chi connectivity index (χ0v) is 16.9. The Kier molecular flexibility index (Phi) is 5.51. The quantitative estimate of drug-likeness (QED) is 0.879. The Balaban J connectivity index is 1.55. The van der Waals surface area contributed by atoms with Crippen molar-refractivity contribution in [2.45, 2.75) is 46.2 Å². The number of nitrogens with zero attached hydrogens (tertiary/aromatic N) is 2. The lowest BCUT2D eigenvalue weighted by molar-refractivity contribution is -0.144. The number of carbonyl (C=O) groups excluding carboxylic acids is 2. The summed E-state index contributed by atoms with van der Waals surface area (Å²) in [6, 6.07) is 8.57. The van der Waals surface area contributed by atoms with E-state index < -0.39 is 5.41 Å². The van der Waals surface area contributed by atoms with Crippen molar-refractivity contribution in [1.82, 2.24) is 10.2 Å². The zero-order valence-electron chi connectivity index (χ0n) is 16.1. The first-order valence-electron chi connectivity index (χ1n) is 9.30. The van der Waals surface area contributed by atoms with E-state index in [0.717, 1.165) is 13.0 Å². The fourth-order valence-corrected chi connectivity index (χ4v) is 4.83. The maximum Gasteiger partial charge on any atom is 0.243 e. The highest BCUT2D eigenvalue weighted by Crippen LogP contribution is 2.31. The maximum atomic E-state index is 12.7. The molecule has 0 unspecified atom stereocenters. The third kappa shape index (κ3) is 3.85. The number of thioether (sulfide) groups is 1. The van der Waals surface area contributed by atoms with Crippen molar-refractivity contribution in [1.29, 1.82) is 0 Å². The Morgan fingerprint density at radius 2 is 2.00 bits per heavy atom. The van der Waals surface area contributed by atoms with Crippen LogP contribution in [0.5, 0.6) is 0 Å².